The summed E-state index contributed by atoms with van der Waals surface area (Å²) in [5, 5.41) is 3.07. The molecule has 0 fully saturated rings. The standard InChI is InChI=1S/C24H52N2Se/c25-21-17-13-9-5-1-3-7-11-15-19-23-27-24-20-16-12-8-4-2-6-10-14-18-22-26/h1-26H2. The third kappa shape index (κ3) is 26.4. The molecule has 2 nitrogen and oxygen atoms in total. The summed E-state index contributed by atoms with van der Waals surface area (Å²) in [4.78, 5) is 0. The zero-order valence-electron chi connectivity index (χ0n) is 18.5. The smallest absolute Gasteiger partial charge is 0.330 e. The molecule has 0 atom stereocenters. The molecule has 0 saturated heterocycles. The molecule has 0 aliphatic rings. The van der Waals surface area contributed by atoms with E-state index in [0.717, 1.165) is 28.0 Å². The molecule has 0 rings (SSSR count). The molecule has 164 valence electrons. The minimum Gasteiger partial charge on any atom is -0.330 e. The molecular weight excluding hydrogens is 395 g/mol. The average molecular weight is 448 g/mol. The quantitative estimate of drug-likeness (QED) is 0.121. The van der Waals surface area contributed by atoms with Crippen LogP contribution in [-0.4, -0.2) is 28.0 Å². The van der Waals surface area contributed by atoms with E-state index < -0.39 is 0 Å². The van der Waals surface area contributed by atoms with Crippen LogP contribution in [0.1, 0.15) is 128 Å². The fourth-order valence-electron chi connectivity index (χ4n) is 3.63. The molecule has 0 amide bonds. The molecule has 0 aromatic heterocycles. The van der Waals surface area contributed by atoms with E-state index in [9.17, 15) is 0 Å². The number of rotatable bonds is 24. The van der Waals surface area contributed by atoms with Gasteiger partial charge in [0.15, 0.2) is 0 Å². The van der Waals surface area contributed by atoms with Gasteiger partial charge in [0, 0.05) is 0 Å². The number of unbranched alkanes of at least 4 members (excludes halogenated alkanes) is 18. The van der Waals surface area contributed by atoms with E-state index in [1.807, 2.05) is 0 Å². The number of nitrogens with two attached hydrogens (primary N) is 2. The molecule has 4 N–H and O–H groups in total. The molecule has 27 heavy (non-hydrogen) atoms. The van der Waals surface area contributed by atoms with Gasteiger partial charge in [-0.3, -0.25) is 0 Å². The van der Waals surface area contributed by atoms with Crippen molar-refractivity contribution in [2.75, 3.05) is 13.1 Å². The van der Waals surface area contributed by atoms with Crippen LogP contribution in [0, 0.1) is 0 Å². The number of hydrogen-bond acceptors (Lipinski definition) is 2. The zero-order valence-corrected chi connectivity index (χ0v) is 20.2. The molecule has 0 aromatic rings. The molecule has 0 radical (unpaired) electrons. The Hall–Kier alpha value is 0.439. The van der Waals surface area contributed by atoms with Crippen molar-refractivity contribution in [2.45, 2.75) is 139 Å². The molecule has 0 heterocycles. The third-order valence-electron chi connectivity index (χ3n) is 5.49. The Morgan fingerprint density at radius 1 is 0.296 bits per heavy atom. The molecule has 0 aromatic carbocycles. The van der Waals surface area contributed by atoms with Crippen molar-refractivity contribution in [3.63, 3.8) is 0 Å². The van der Waals surface area contributed by atoms with Crippen molar-refractivity contribution in [2.24, 2.45) is 11.5 Å². The minimum atomic E-state index is 0.873. The van der Waals surface area contributed by atoms with Gasteiger partial charge in [0.25, 0.3) is 0 Å². The van der Waals surface area contributed by atoms with Crippen LogP contribution >= 0.6 is 0 Å². The van der Waals surface area contributed by atoms with Crippen LogP contribution in [0.4, 0.5) is 0 Å². The summed E-state index contributed by atoms with van der Waals surface area (Å²) in [6, 6.07) is 0. The van der Waals surface area contributed by atoms with Crippen LogP contribution < -0.4 is 11.5 Å². The monoisotopic (exact) mass is 448 g/mol. The summed E-state index contributed by atoms with van der Waals surface area (Å²) in [5.74, 6) is 0. The van der Waals surface area contributed by atoms with Gasteiger partial charge in [-0.1, -0.05) is 0 Å². The van der Waals surface area contributed by atoms with Crippen molar-refractivity contribution in [3.8, 4) is 0 Å². The summed E-state index contributed by atoms with van der Waals surface area (Å²) in [7, 11) is 0. The Kier molecular flexibility index (Phi) is 26.9. The Labute approximate surface area is 178 Å². The van der Waals surface area contributed by atoms with Gasteiger partial charge >= 0.3 is 167 Å². The first-order valence-electron chi connectivity index (χ1n) is 12.4. The molecule has 3 heteroatoms. The first-order chi connectivity index (χ1) is 13.4. The first-order valence-corrected chi connectivity index (χ1v) is 14.8. The van der Waals surface area contributed by atoms with Crippen molar-refractivity contribution in [3.05, 3.63) is 0 Å². The van der Waals surface area contributed by atoms with E-state index in [0.29, 0.717) is 0 Å². The van der Waals surface area contributed by atoms with Gasteiger partial charge in [-0.25, -0.2) is 0 Å². The second kappa shape index (κ2) is 26.4. The molecule has 0 aliphatic carbocycles. The van der Waals surface area contributed by atoms with E-state index >= 15 is 0 Å². The Balaban J connectivity index is 2.95. The van der Waals surface area contributed by atoms with Crippen LogP contribution in [0.2, 0.25) is 10.6 Å². The van der Waals surface area contributed by atoms with Crippen LogP contribution in [0.5, 0.6) is 0 Å². The average Bonchev–Trinajstić information content (AvgIpc) is 2.68. The van der Waals surface area contributed by atoms with Gasteiger partial charge < -0.3 is 11.5 Å². The normalized spacial score (nSPS) is 11.3. The molecule has 0 spiro atoms. The van der Waals surface area contributed by atoms with Crippen molar-refractivity contribution in [1.29, 1.82) is 0 Å². The molecular formula is C24H52N2Se. The third-order valence-corrected chi connectivity index (χ3v) is 7.91. The van der Waals surface area contributed by atoms with Crippen LogP contribution in [-0.2, 0) is 0 Å². The van der Waals surface area contributed by atoms with Crippen LogP contribution in [0.15, 0.2) is 0 Å². The zero-order chi connectivity index (χ0) is 19.7. The van der Waals surface area contributed by atoms with E-state index in [-0.39, 0.29) is 0 Å². The second-order valence-electron chi connectivity index (χ2n) is 8.26. The second-order valence-corrected chi connectivity index (χ2v) is 10.8. The van der Waals surface area contributed by atoms with E-state index in [1.165, 1.54) is 139 Å². The summed E-state index contributed by atoms with van der Waals surface area (Å²) in [6.45, 7) is 1.75. The van der Waals surface area contributed by atoms with Gasteiger partial charge in [-0.15, -0.1) is 0 Å². The first kappa shape index (κ1) is 27.4. The van der Waals surface area contributed by atoms with Crippen LogP contribution in [0.3, 0.4) is 0 Å². The topological polar surface area (TPSA) is 52.0 Å². The summed E-state index contributed by atoms with van der Waals surface area (Å²) >= 11 is 0.936. The van der Waals surface area contributed by atoms with Gasteiger partial charge in [-0.05, 0) is 0 Å². The predicted octanol–water partition coefficient (Wildman–Crippen LogP) is 7.25. The van der Waals surface area contributed by atoms with Crippen molar-refractivity contribution >= 4 is 15.0 Å². The van der Waals surface area contributed by atoms with Gasteiger partial charge in [0.05, 0.1) is 0 Å². The van der Waals surface area contributed by atoms with Gasteiger partial charge in [0.2, 0.25) is 0 Å². The van der Waals surface area contributed by atoms with Gasteiger partial charge in [-0.2, -0.15) is 0 Å². The summed E-state index contributed by atoms with van der Waals surface area (Å²) < 4.78 is 0. The Bertz CT molecular complexity index is 225. The van der Waals surface area contributed by atoms with Gasteiger partial charge in [0.1, 0.15) is 0 Å². The van der Waals surface area contributed by atoms with E-state index in [4.69, 9.17) is 11.5 Å². The van der Waals surface area contributed by atoms with Crippen molar-refractivity contribution < 1.29 is 0 Å². The Morgan fingerprint density at radius 3 is 0.778 bits per heavy atom. The van der Waals surface area contributed by atoms with Crippen molar-refractivity contribution in [1.82, 2.24) is 0 Å². The molecule has 0 saturated carbocycles. The predicted molar refractivity (Wildman–Crippen MR) is 126 cm³/mol. The SMILES string of the molecule is NCCCCCCCCCCCC[Se]CCCCCCCCCCCCN. The van der Waals surface area contributed by atoms with Crippen LogP contribution in [0.25, 0.3) is 0 Å². The Morgan fingerprint density at radius 2 is 0.519 bits per heavy atom. The summed E-state index contributed by atoms with van der Waals surface area (Å²) in [6.07, 6.45) is 28.5. The van der Waals surface area contributed by atoms with E-state index in [2.05, 4.69) is 0 Å². The fraction of sp³-hybridized carbons (Fsp3) is 1.00. The molecule has 0 bridgehead atoms. The maximum absolute atomic E-state index is 5.52. The van der Waals surface area contributed by atoms with E-state index in [1.54, 1.807) is 0 Å². The minimum absolute atomic E-state index is 0.873. The number of hydrogen-bond donors (Lipinski definition) is 2. The summed E-state index contributed by atoms with van der Waals surface area (Å²) in [5.41, 5.74) is 11.0. The fourth-order valence-corrected chi connectivity index (χ4v) is 5.77. The molecule has 0 aliphatic heterocycles. The maximum atomic E-state index is 5.52. The molecule has 0 unspecified atom stereocenters.